The lowest BCUT2D eigenvalue weighted by atomic mass is 10.2. The summed E-state index contributed by atoms with van der Waals surface area (Å²) in [6.07, 6.45) is 3.39. The van der Waals surface area contributed by atoms with Crippen LogP contribution in [0.15, 0.2) is 42.9 Å². The summed E-state index contributed by atoms with van der Waals surface area (Å²) in [5.41, 5.74) is 1.39. The lowest BCUT2D eigenvalue weighted by molar-refractivity contribution is 0.205. The Balaban J connectivity index is 2.24. The molecule has 0 aliphatic carbocycles. The van der Waals surface area contributed by atoms with Crippen LogP contribution in [0, 0.1) is 0 Å². The average Bonchev–Trinajstić information content (AvgIpc) is 2.93. The van der Waals surface area contributed by atoms with Gasteiger partial charge < -0.3 is 5.11 Å². The highest BCUT2D eigenvalue weighted by Gasteiger charge is 2.20. The van der Waals surface area contributed by atoms with Crippen molar-refractivity contribution in [1.82, 2.24) is 20.4 Å². The van der Waals surface area contributed by atoms with Gasteiger partial charge in [0, 0.05) is 11.6 Å². The number of hydrogen-bond donors (Lipinski definition) is 2. The summed E-state index contributed by atoms with van der Waals surface area (Å²) in [5.74, 6) is 0. The first-order valence-corrected chi connectivity index (χ1v) is 5.49. The van der Waals surface area contributed by atoms with E-state index in [-0.39, 0.29) is 0 Å². The normalized spacial score (nSPS) is 10.5. The number of aromatic nitrogens is 4. The zero-order chi connectivity index (χ0) is 13.2. The molecule has 2 aromatic heterocycles. The highest BCUT2D eigenvalue weighted by atomic mass is 16.4. The van der Waals surface area contributed by atoms with Crippen LogP contribution in [-0.2, 0) is 0 Å². The first-order chi connectivity index (χ1) is 9.27. The number of rotatable bonds is 2. The van der Waals surface area contributed by atoms with Crippen LogP contribution in [0.3, 0.4) is 0 Å². The highest BCUT2D eigenvalue weighted by molar-refractivity contribution is 6.03. The van der Waals surface area contributed by atoms with Crippen molar-refractivity contribution in [3.8, 4) is 0 Å². The Morgan fingerprint density at radius 1 is 1.32 bits per heavy atom. The monoisotopic (exact) mass is 255 g/mol. The number of benzene rings is 1. The van der Waals surface area contributed by atoms with Crippen LogP contribution in [0.5, 0.6) is 0 Å². The molecule has 0 radical (unpaired) electrons. The molecular weight excluding hydrogens is 246 g/mol. The van der Waals surface area contributed by atoms with E-state index >= 15 is 0 Å². The lowest BCUT2D eigenvalue weighted by Crippen LogP contribution is -2.23. The van der Waals surface area contributed by atoms with Gasteiger partial charge in [-0.3, -0.25) is 5.10 Å². The van der Waals surface area contributed by atoms with Crippen LogP contribution in [0.1, 0.15) is 0 Å². The van der Waals surface area contributed by atoms with E-state index in [0.717, 1.165) is 10.3 Å². The largest absolute Gasteiger partial charge is 0.464 e. The fraction of sp³-hybridized carbons (Fsp3) is 0. The van der Waals surface area contributed by atoms with Crippen LogP contribution in [-0.4, -0.2) is 31.6 Å². The molecule has 3 rings (SSSR count). The standard InChI is InChI=1S/C12H9N5O2/c18-12(19)17(9-6-14-15-7-9)10-3-1-2-8-4-5-13-16-11(8)10/h1-7H,(H,14,15)(H,18,19). The van der Waals surface area contributed by atoms with Crippen LogP contribution in [0.2, 0.25) is 0 Å². The number of fused-ring (bicyclic) bond motifs is 1. The molecule has 0 aliphatic rings. The van der Waals surface area contributed by atoms with Gasteiger partial charge in [0.1, 0.15) is 5.52 Å². The first-order valence-electron chi connectivity index (χ1n) is 5.49. The summed E-state index contributed by atoms with van der Waals surface area (Å²) in [6.45, 7) is 0. The van der Waals surface area contributed by atoms with Crippen molar-refractivity contribution in [3.05, 3.63) is 42.9 Å². The van der Waals surface area contributed by atoms with Gasteiger partial charge >= 0.3 is 6.09 Å². The number of carboxylic acid groups (broad SMARTS) is 1. The Bertz CT molecular complexity index is 721. The summed E-state index contributed by atoms with van der Waals surface area (Å²) in [7, 11) is 0. The molecule has 7 nitrogen and oxygen atoms in total. The Labute approximate surface area is 107 Å². The van der Waals surface area contributed by atoms with Gasteiger partial charge in [-0.2, -0.15) is 10.2 Å². The third-order valence-electron chi connectivity index (χ3n) is 2.70. The van der Waals surface area contributed by atoms with Crippen molar-refractivity contribution in [2.24, 2.45) is 0 Å². The van der Waals surface area contributed by atoms with E-state index in [4.69, 9.17) is 0 Å². The van der Waals surface area contributed by atoms with E-state index in [1.54, 1.807) is 24.4 Å². The fourth-order valence-electron chi connectivity index (χ4n) is 1.90. The van der Waals surface area contributed by atoms with Gasteiger partial charge in [0.2, 0.25) is 0 Å². The van der Waals surface area contributed by atoms with E-state index in [1.807, 2.05) is 6.07 Å². The van der Waals surface area contributed by atoms with Crippen molar-refractivity contribution in [2.45, 2.75) is 0 Å². The number of hydrogen-bond acceptors (Lipinski definition) is 4. The number of aromatic amines is 1. The van der Waals surface area contributed by atoms with Gasteiger partial charge in [-0.1, -0.05) is 12.1 Å². The van der Waals surface area contributed by atoms with Crippen molar-refractivity contribution >= 4 is 28.4 Å². The van der Waals surface area contributed by atoms with Gasteiger partial charge in [0.25, 0.3) is 0 Å². The minimum Gasteiger partial charge on any atom is -0.464 e. The van der Waals surface area contributed by atoms with Crippen molar-refractivity contribution in [2.75, 3.05) is 4.90 Å². The number of nitrogens with zero attached hydrogens (tertiary/aromatic N) is 4. The molecule has 94 valence electrons. The second kappa shape index (κ2) is 4.37. The van der Waals surface area contributed by atoms with Gasteiger partial charge in [-0.05, 0) is 12.1 Å². The Morgan fingerprint density at radius 2 is 2.21 bits per heavy atom. The van der Waals surface area contributed by atoms with E-state index in [0.29, 0.717) is 16.9 Å². The van der Waals surface area contributed by atoms with Gasteiger partial charge in [0.15, 0.2) is 0 Å². The number of carbonyl (C=O) groups is 1. The molecule has 2 N–H and O–H groups in total. The molecule has 0 bridgehead atoms. The van der Waals surface area contributed by atoms with E-state index in [9.17, 15) is 9.90 Å². The Hall–Kier alpha value is -2.96. The second-order valence-corrected chi connectivity index (χ2v) is 3.82. The first kappa shape index (κ1) is 11.1. The minimum atomic E-state index is -1.11. The fourth-order valence-corrected chi connectivity index (χ4v) is 1.90. The molecule has 7 heteroatoms. The average molecular weight is 255 g/mol. The molecule has 1 amide bonds. The molecular formula is C12H9N5O2. The van der Waals surface area contributed by atoms with Crippen molar-refractivity contribution in [3.63, 3.8) is 0 Å². The van der Waals surface area contributed by atoms with Crippen LogP contribution in [0.25, 0.3) is 10.9 Å². The molecule has 19 heavy (non-hydrogen) atoms. The number of H-pyrrole nitrogens is 1. The van der Waals surface area contributed by atoms with Crippen LogP contribution in [0.4, 0.5) is 16.2 Å². The summed E-state index contributed by atoms with van der Waals surface area (Å²) >= 11 is 0. The third-order valence-corrected chi connectivity index (χ3v) is 2.70. The lowest BCUT2D eigenvalue weighted by Gasteiger charge is -2.18. The molecule has 0 saturated heterocycles. The molecule has 0 unspecified atom stereocenters. The topological polar surface area (TPSA) is 95.0 Å². The number of anilines is 2. The minimum absolute atomic E-state index is 0.422. The second-order valence-electron chi connectivity index (χ2n) is 3.82. The quantitative estimate of drug-likeness (QED) is 0.731. The van der Waals surface area contributed by atoms with Gasteiger partial charge in [-0.25, -0.2) is 9.69 Å². The molecule has 1 aromatic carbocycles. The maximum absolute atomic E-state index is 11.5. The zero-order valence-corrected chi connectivity index (χ0v) is 9.69. The molecule has 2 heterocycles. The van der Waals surface area contributed by atoms with E-state index in [1.165, 1.54) is 12.4 Å². The zero-order valence-electron chi connectivity index (χ0n) is 9.69. The van der Waals surface area contributed by atoms with E-state index < -0.39 is 6.09 Å². The van der Waals surface area contributed by atoms with Gasteiger partial charge in [0.05, 0.1) is 23.8 Å². The molecule has 0 atom stereocenters. The summed E-state index contributed by atoms with van der Waals surface area (Å²) in [5, 5.41) is 24.4. The third kappa shape index (κ3) is 1.86. The summed E-state index contributed by atoms with van der Waals surface area (Å²) in [6, 6.07) is 7.08. The molecule has 0 fully saturated rings. The highest BCUT2D eigenvalue weighted by Crippen LogP contribution is 2.30. The molecule has 0 aliphatic heterocycles. The Kier molecular flexibility index (Phi) is 2.57. The molecule has 0 saturated carbocycles. The number of nitrogens with one attached hydrogen (secondary N) is 1. The smallest absolute Gasteiger partial charge is 0.416 e. The maximum Gasteiger partial charge on any atom is 0.416 e. The van der Waals surface area contributed by atoms with Crippen LogP contribution < -0.4 is 4.90 Å². The predicted molar refractivity (Wildman–Crippen MR) is 68.3 cm³/mol. The van der Waals surface area contributed by atoms with Crippen LogP contribution >= 0.6 is 0 Å². The summed E-state index contributed by atoms with van der Waals surface area (Å²) < 4.78 is 0. The van der Waals surface area contributed by atoms with Crippen molar-refractivity contribution in [1.29, 1.82) is 0 Å². The predicted octanol–water partition coefficient (Wildman–Crippen LogP) is 2.17. The SMILES string of the molecule is O=C(O)N(c1cn[nH]c1)c1cccc2ccnnc12. The maximum atomic E-state index is 11.5. The molecule has 3 aromatic rings. The van der Waals surface area contributed by atoms with Gasteiger partial charge in [-0.15, -0.1) is 5.10 Å². The van der Waals surface area contributed by atoms with Crippen molar-refractivity contribution < 1.29 is 9.90 Å². The number of amides is 1. The Morgan fingerprint density at radius 3 is 2.95 bits per heavy atom. The molecule has 0 spiro atoms. The summed E-state index contributed by atoms with van der Waals surface area (Å²) in [4.78, 5) is 12.6. The van der Waals surface area contributed by atoms with E-state index in [2.05, 4.69) is 20.4 Å².